The number of hydrogen-bond acceptors (Lipinski definition) is 8. The fraction of sp³-hybridized carbons (Fsp3) is 0.400. The van der Waals surface area contributed by atoms with E-state index in [4.69, 9.17) is 10.5 Å². The van der Waals surface area contributed by atoms with Crippen LogP contribution in [0.5, 0.6) is 5.88 Å². The van der Waals surface area contributed by atoms with Crippen LogP contribution in [0, 0.1) is 11.3 Å². The lowest BCUT2D eigenvalue weighted by Gasteiger charge is -2.17. The number of ketones is 1. The Labute approximate surface area is 177 Å². The third kappa shape index (κ3) is 6.82. The van der Waals surface area contributed by atoms with E-state index in [1.807, 2.05) is 25.1 Å². The number of halogens is 3. The summed E-state index contributed by atoms with van der Waals surface area (Å²) in [7, 11) is 3.71. The molecule has 0 bridgehead atoms. The van der Waals surface area contributed by atoms with Crippen LogP contribution in [0.4, 0.5) is 24.9 Å². The van der Waals surface area contributed by atoms with Gasteiger partial charge in [-0.2, -0.15) is 28.4 Å². The van der Waals surface area contributed by atoms with Crippen molar-refractivity contribution in [2.45, 2.75) is 25.6 Å². The number of nitrogens with zero attached hydrogens (tertiary/aromatic N) is 4. The molecule has 0 fully saturated rings. The number of nitrogens with one attached hydrogen (secondary N) is 1. The molecule has 1 heterocycles. The summed E-state index contributed by atoms with van der Waals surface area (Å²) in [6.07, 6.45) is -4.72. The Hall–Kier alpha value is -3.39. The molecule has 0 aliphatic rings. The van der Waals surface area contributed by atoms with Crippen LogP contribution in [0.25, 0.3) is 0 Å². The number of carbonyl (C=O) groups is 1. The molecule has 31 heavy (non-hydrogen) atoms. The molecule has 1 aromatic heterocycles. The summed E-state index contributed by atoms with van der Waals surface area (Å²) in [5.74, 6) is -0.550. The van der Waals surface area contributed by atoms with Crippen molar-refractivity contribution in [1.82, 2.24) is 14.9 Å². The van der Waals surface area contributed by atoms with E-state index in [0.29, 0.717) is 6.54 Å². The van der Waals surface area contributed by atoms with E-state index in [-0.39, 0.29) is 41.8 Å². The molecule has 3 N–H and O–H groups in total. The van der Waals surface area contributed by atoms with Gasteiger partial charge >= 0.3 is 6.18 Å². The molecular formula is C20H23F3N6O2. The summed E-state index contributed by atoms with van der Waals surface area (Å²) in [6.45, 7) is 2.34. The van der Waals surface area contributed by atoms with Crippen LogP contribution in [0.3, 0.4) is 0 Å². The summed E-state index contributed by atoms with van der Waals surface area (Å²) in [5.41, 5.74) is 5.07. The van der Waals surface area contributed by atoms with E-state index in [1.165, 1.54) is 19.1 Å². The number of aromatic nitrogens is 2. The van der Waals surface area contributed by atoms with Crippen molar-refractivity contribution in [3.63, 3.8) is 0 Å². The highest BCUT2D eigenvalue weighted by Crippen LogP contribution is 2.30. The molecule has 0 saturated heterocycles. The van der Waals surface area contributed by atoms with Gasteiger partial charge in [-0.3, -0.25) is 4.79 Å². The highest BCUT2D eigenvalue weighted by atomic mass is 19.4. The summed E-state index contributed by atoms with van der Waals surface area (Å²) >= 11 is 0. The number of likely N-dealkylation sites (N-methyl/N-ethyl adjacent to an activating group) is 1. The molecule has 0 aliphatic carbocycles. The number of nitrogen functional groups attached to an aromatic ring is 1. The Balaban J connectivity index is 2.15. The normalized spacial score (nSPS) is 12.3. The van der Waals surface area contributed by atoms with Crippen molar-refractivity contribution < 1.29 is 22.7 Å². The van der Waals surface area contributed by atoms with Crippen LogP contribution < -0.4 is 15.8 Å². The molecule has 0 amide bonds. The largest absolute Gasteiger partial charge is 0.475 e. The summed E-state index contributed by atoms with van der Waals surface area (Å²) < 4.78 is 44.1. The zero-order chi connectivity index (χ0) is 23.2. The molecule has 0 spiro atoms. The quantitative estimate of drug-likeness (QED) is 0.616. The predicted octanol–water partition coefficient (Wildman–Crippen LogP) is 2.50. The average Bonchev–Trinajstić information content (AvgIpc) is 2.67. The first-order valence-electron chi connectivity index (χ1n) is 9.31. The maximum atomic E-state index is 12.9. The van der Waals surface area contributed by atoms with Crippen LogP contribution in [0.15, 0.2) is 24.3 Å². The fourth-order valence-electron chi connectivity index (χ4n) is 2.59. The lowest BCUT2D eigenvalue weighted by atomic mass is 10.0. The van der Waals surface area contributed by atoms with Gasteiger partial charge in [-0.15, -0.1) is 0 Å². The first kappa shape index (κ1) is 23.9. The maximum Gasteiger partial charge on any atom is 0.416 e. The van der Waals surface area contributed by atoms with Crippen molar-refractivity contribution in [3.05, 3.63) is 41.0 Å². The number of nitriles is 1. The molecule has 0 unspecified atom stereocenters. The van der Waals surface area contributed by atoms with E-state index in [1.54, 1.807) is 0 Å². The maximum absolute atomic E-state index is 12.9. The van der Waals surface area contributed by atoms with Gasteiger partial charge in [0.1, 0.15) is 12.7 Å². The van der Waals surface area contributed by atoms with Gasteiger partial charge in [0, 0.05) is 13.0 Å². The molecule has 2 aromatic rings. The zero-order valence-corrected chi connectivity index (χ0v) is 17.3. The lowest BCUT2D eigenvalue weighted by Crippen LogP contribution is -2.29. The minimum absolute atomic E-state index is 0.0137. The number of hydrogen-bond donors (Lipinski definition) is 2. The number of carbonyl (C=O) groups excluding carboxylic acids is 1. The van der Waals surface area contributed by atoms with Gasteiger partial charge in [-0.25, -0.2) is 0 Å². The van der Waals surface area contributed by atoms with E-state index < -0.39 is 23.6 Å². The molecule has 166 valence electrons. The van der Waals surface area contributed by atoms with E-state index in [0.717, 1.165) is 12.1 Å². The molecule has 11 heteroatoms. The Kier molecular flexibility index (Phi) is 7.77. The number of ether oxygens (including phenoxy) is 1. The van der Waals surface area contributed by atoms with Gasteiger partial charge in [0.05, 0.1) is 11.6 Å². The molecule has 8 nitrogen and oxygen atoms in total. The predicted molar refractivity (Wildman–Crippen MR) is 108 cm³/mol. The lowest BCUT2D eigenvalue weighted by molar-refractivity contribution is -0.137. The van der Waals surface area contributed by atoms with Gasteiger partial charge in [-0.1, -0.05) is 18.2 Å². The molecule has 2 rings (SSSR count). The highest BCUT2D eigenvalue weighted by Gasteiger charge is 2.30. The number of anilines is 2. The summed E-state index contributed by atoms with van der Waals surface area (Å²) in [6, 6.07) is 5.64. The SMILES string of the molecule is C[C@H](Nc1nc(N)nc(OCCN(C)C)c1C#N)C(=O)Cc1cccc(C(F)(F)F)c1. The minimum Gasteiger partial charge on any atom is -0.475 e. The van der Waals surface area contributed by atoms with E-state index in [9.17, 15) is 23.2 Å². The molecule has 0 aliphatic heterocycles. The number of nitrogens with two attached hydrogens (primary N) is 1. The Morgan fingerprint density at radius 1 is 1.35 bits per heavy atom. The second-order valence-electron chi connectivity index (χ2n) is 7.08. The van der Waals surface area contributed by atoms with Crippen molar-refractivity contribution in [2.24, 2.45) is 0 Å². The van der Waals surface area contributed by atoms with Crippen molar-refractivity contribution in [1.29, 1.82) is 5.26 Å². The second-order valence-corrected chi connectivity index (χ2v) is 7.08. The summed E-state index contributed by atoms with van der Waals surface area (Å²) in [4.78, 5) is 22.3. The van der Waals surface area contributed by atoms with E-state index in [2.05, 4.69) is 15.3 Å². The van der Waals surface area contributed by atoms with Crippen LogP contribution in [-0.4, -0.2) is 53.9 Å². The highest BCUT2D eigenvalue weighted by molar-refractivity contribution is 5.88. The smallest absolute Gasteiger partial charge is 0.416 e. The number of benzene rings is 1. The number of alkyl halides is 3. The molecule has 1 atom stereocenters. The first-order valence-corrected chi connectivity index (χ1v) is 9.31. The van der Waals surface area contributed by atoms with Gasteiger partial charge in [0.2, 0.25) is 11.8 Å². The van der Waals surface area contributed by atoms with Gasteiger partial charge in [0.25, 0.3) is 0 Å². The molecular weight excluding hydrogens is 413 g/mol. The first-order chi connectivity index (χ1) is 14.5. The van der Waals surface area contributed by atoms with Gasteiger partial charge < -0.3 is 20.7 Å². The van der Waals surface area contributed by atoms with Gasteiger partial charge in [-0.05, 0) is 32.6 Å². The molecule has 0 radical (unpaired) electrons. The zero-order valence-electron chi connectivity index (χ0n) is 17.3. The van der Waals surface area contributed by atoms with E-state index >= 15 is 0 Å². The van der Waals surface area contributed by atoms with Crippen LogP contribution in [-0.2, 0) is 17.4 Å². The number of Topliss-reactive ketones (excluding diaryl/α,β-unsaturated/α-hetero) is 1. The fourth-order valence-corrected chi connectivity index (χ4v) is 2.59. The van der Waals surface area contributed by atoms with Crippen molar-refractivity contribution >= 4 is 17.5 Å². The Morgan fingerprint density at radius 3 is 2.68 bits per heavy atom. The van der Waals surface area contributed by atoms with Crippen LogP contribution in [0.1, 0.15) is 23.6 Å². The summed E-state index contributed by atoms with van der Waals surface area (Å²) in [5, 5.41) is 12.3. The van der Waals surface area contributed by atoms with Crippen molar-refractivity contribution in [3.8, 4) is 11.9 Å². The standard InChI is InChI=1S/C20H23F3N6O2/c1-12(16(30)10-13-5-4-6-14(9-13)20(21,22)23)26-17-15(11-24)18(28-19(25)27-17)31-8-7-29(2)3/h4-6,9,12H,7-8,10H2,1-3H3,(H3,25,26,27,28)/t12-/m0/s1. The molecule has 0 saturated carbocycles. The number of rotatable bonds is 9. The topological polar surface area (TPSA) is 117 Å². The molecule has 1 aromatic carbocycles. The van der Waals surface area contributed by atoms with Gasteiger partial charge in [0.15, 0.2) is 17.2 Å². The Morgan fingerprint density at radius 2 is 2.06 bits per heavy atom. The monoisotopic (exact) mass is 436 g/mol. The van der Waals surface area contributed by atoms with Crippen LogP contribution in [0.2, 0.25) is 0 Å². The average molecular weight is 436 g/mol. The van der Waals surface area contributed by atoms with Crippen molar-refractivity contribution in [2.75, 3.05) is 38.3 Å². The minimum atomic E-state index is -4.49. The second kappa shape index (κ2) is 10.1. The van der Waals surface area contributed by atoms with Crippen LogP contribution >= 0.6 is 0 Å². The Bertz CT molecular complexity index is 972. The third-order valence-corrected chi connectivity index (χ3v) is 4.25. The third-order valence-electron chi connectivity index (χ3n) is 4.25.